The van der Waals surface area contributed by atoms with Crippen molar-refractivity contribution in [2.75, 3.05) is 9.80 Å². The molecule has 0 amide bonds. The van der Waals surface area contributed by atoms with E-state index in [9.17, 15) is 0 Å². The maximum Gasteiger partial charge on any atom is 0.252 e. The van der Waals surface area contributed by atoms with Crippen LogP contribution in [0.1, 0.15) is 181 Å². The molecule has 0 spiro atoms. The molecule has 0 bridgehead atoms. The minimum Gasteiger partial charge on any atom is -0.311 e. The Kier molecular flexibility index (Phi) is 10.9. The van der Waals surface area contributed by atoms with Crippen LogP contribution in [-0.2, 0) is 37.9 Å². The normalized spacial score (nSPS) is 17.9. The van der Waals surface area contributed by atoms with E-state index in [4.69, 9.17) is 0 Å². The van der Waals surface area contributed by atoms with Crippen LogP contribution in [0.3, 0.4) is 0 Å². The van der Waals surface area contributed by atoms with Crippen molar-refractivity contribution in [3.63, 3.8) is 0 Å². The smallest absolute Gasteiger partial charge is 0.252 e. The predicted molar refractivity (Wildman–Crippen MR) is 318 cm³/mol. The van der Waals surface area contributed by atoms with E-state index >= 15 is 0 Å². The molecule has 0 N–H and O–H groups in total. The molecule has 0 radical (unpaired) electrons. The Bertz CT molecular complexity index is 3390. The molecule has 0 fully saturated rings. The Hall–Kier alpha value is -5.80. The summed E-state index contributed by atoms with van der Waals surface area (Å²) in [4.78, 5) is 5.43. The summed E-state index contributed by atoms with van der Waals surface area (Å²) < 4.78 is 0. The van der Waals surface area contributed by atoms with Gasteiger partial charge >= 0.3 is 0 Å². The predicted octanol–water partition coefficient (Wildman–Crippen LogP) is 17.6. The van der Waals surface area contributed by atoms with Gasteiger partial charge < -0.3 is 9.80 Å². The highest BCUT2D eigenvalue weighted by Crippen LogP contribution is 2.55. The van der Waals surface area contributed by atoms with Gasteiger partial charge in [-0.25, -0.2) is 0 Å². The average molecular weight is 961 g/mol. The van der Waals surface area contributed by atoms with Crippen LogP contribution in [0.5, 0.6) is 0 Å². The molecule has 0 saturated heterocycles. The van der Waals surface area contributed by atoms with Crippen molar-refractivity contribution in [1.82, 2.24) is 0 Å². The van der Waals surface area contributed by atoms with E-state index in [0.717, 1.165) is 6.42 Å². The number of anilines is 6. The summed E-state index contributed by atoms with van der Waals surface area (Å²) >= 11 is 0. The van der Waals surface area contributed by atoms with E-state index in [2.05, 4.69) is 262 Å². The zero-order valence-corrected chi connectivity index (χ0v) is 47.7. The molecule has 3 heteroatoms. The van der Waals surface area contributed by atoms with Crippen molar-refractivity contribution in [3.05, 3.63) is 172 Å². The summed E-state index contributed by atoms with van der Waals surface area (Å²) in [5.74, 6) is 0. The SMILES string of the molecule is Cc1ccc(C(C)(C)C)cc1N1c2cc(-c3ccccc3)ccc2B2c3cc4c(cc3N(c3ccc(C(C)(C)C)cc3-c3ccc5c(c3)C(C)(C)CCC5(C)C)c3cc(C(C)(C)C)cc1c32)C(C)(C)CC4(C)C. The van der Waals surface area contributed by atoms with E-state index in [1.807, 2.05) is 0 Å². The molecule has 7 aromatic rings. The van der Waals surface area contributed by atoms with Crippen molar-refractivity contribution in [1.29, 1.82) is 0 Å². The third kappa shape index (κ3) is 7.96. The van der Waals surface area contributed by atoms with Crippen molar-refractivity contribution in [3.8, 4) is 22.3 Å². The van der Waals surface area contributed by atoms with Gasteiger partial charge in [0.25, 0.3) is 6.71 Å². The van der Waals surface area contributed by atoms with E-state index < -0.39 is 0 Å². The first-order chi connectivity index (χ1) is 34.0. The molecule has 0 saturated carbocycles. The van der Waals surface area contributed by atoms with Gasteiger partial charge in [0.05, 0.1) is 5.69 Å². The molecular weight excluding hydrogens is 880 g/mol. The summed E-state index contributed by atoms with van der Waals surface area (Å²) in [5, 5.41) is 0. The van der Waals surface area contributed by atoms with Gasteiger partial charge in [0.15, 0.2) is 0 Å². The number of benzene rings is 7. The van der Waals surface area contributed by atoms with E-state index in [1.54, 1.807) is 0 Å². The number of hydrogen-bond donors (Lipinski definition) is 0. The molecule has 374 valence electrons. The zero-order chi connectivity index (χ0) is 52.3. The maximum absolute atomic E-state index is 2.75. The van der Waals surface area contributed by atoms with Gasteiger partial charge in [-0.05, 0) is 184 Å². The number of rotatable bonds is 4. The summed E-state index contributed by atoms with van der Waals surface area (Å²) in [6.07, 6.45) is 3.48. The van der Waals surface area contributed by atoms with Gasteiger partial charge in [-0.15, -0.1) is 0 Å². The highest BCUT2D eigenvalue weighted by molar-refractivity contribution is 7.00. The first-order valence-electron chi connectivity index (χ1n) is 27.5. The molecule has 2 nitrogen and oxygen atoms in total. The first kappa shape index (κ1) is 49.4. The second-order valence-electron chi connectivity index (χ2n) is 28.6. The topological polar surface area (TPSA) is 6.48 Å². The van der Waals surface area contributed by atoms with Crippen LogP contribution in [0, 0.1) is 6.92 Å². The summed E-state index contributed by atoms with van der Waals surface area (Å²) in [5.41, 5.74) is 28.1. The van der Waals surface area contributed by atoms with Gasteiger partial charge in [-0.1, -0.05) is 203 Å². The summed E-state index contributed by atoms with van der Waals surface area (Å²) in [6, 6.07) is 51.1. The molecule has 4 aliphatic rings. The van der Waals surface area contributed by atoms with Crippen LogP contribution in [0.25, 0.3) is 22.3 Å². The zero-order valence-electron chi connectivity index (χ0n) is 47.7. The highest BCUT2D eigenvalue weighted by Gasteiger charge is 2.49. The van der Waals surface area contributed by atoms with Gasteiger partial charge in [-0.3, -0.25) is 0 Å². The van der Waals surface area contributed by atoms with Crippen molar-refractivity contribution in [2.45, 2.75) is 182 Å². The third-order valence-corrected chi connectivity index (χ3v) is 18.1. The van der Waals surface area contributed by atoms with Gasteiger partial charge in [0, 0.05) is 34.0 Å². The molecule has 2 aliphatic carbocycles. The lowest BCUT2D eigenvalue weighted by Crippen LogP contribution is -2.61. The molecule has 11 rings (SSSR count). The first-order valence-corrected chi connectivity index (χ1v) is 27.5. The monoisotopic (exact) mass is 961 g/mol. The van der Waals surface area contributed by atoms with Crippen LogP contribution >= 0.6 is 0 Å². The van der Waals surface area contributed by atoms with E-state index in [-0.39, 0.29) is 44.6 Å². The minimum atomic E-state index is -0.146. The van der Waals surface area contributed by atoms with Crippen LogP contribution in [-0.4, -0.2) is 6.71 Å². The van der Waals surface area contributed by atoms with Crippen molar-refractivity contribution < 1.29 is 0 Å². The molecular formula is C70H81BN2. The largest absolute Gasteiger partial charge is 0.311 e. The van der Waals surface area contributed by atoms with Gasteiger partial charge in [0.2, 0.25) is 0 Å². The minimum absolute atomic E-state index is 0.00123. The molecule has 7 aromatic carbocycles. The Morgan fingerprint density at radius 2 is 0.904 bits per heavy atom. The molecule has 2 heterocycles. The fraction of sp³-hybridized carbons (Fsp3) is 0.400. The quantitative estimate of drug-likeness (QED) is 0.162. The lowest BCUT2D eigenvalue weighted by molar-refractivity contribution is 0.332. The van der Waals surface area contributed by atoms with E-state index in [1.165, 1.54) is 130 Å². The maximum atomic E-state index is 2.75. The Labute approximate surface area is 440 Å². The van der Waals surface area contributed by atoms with Gasteiger partial charge in [-0.2, -0.15) is 0 Å². The van der Waals surface area contributed by atoms with Crippen LogP contribution in [0.4, 0.5) is 34.1 Å². The highest BCUT2D eigenvalue weighted by atomic mass is 15.2. The second kappa shape index (κ2) is 16.1. The number of hydrogen-bond acceptors (Lipinski definition) is 2. The Morgan fingerprint density at radius 1 is 0.384 bits per heavy atom. The average Bonchev–Trinajstić information content (AvgIpc) is 3.50. The number of nitrogens with zero attached hydrogens (tertiary/aromatic N) is 2. The van der Waals surface area contributed by atoms with Crippen molar-refractivity contribution >= 4 is 57.2 Å². The fourth-order valence-electron chi connectivity index (χ4n) is 13.7. The van der Waals surface area contributed by atoms with Gasteiger partial charge in [0.1, 0.15) is 0 Å². The molecule has 2 aliphatic heterocycles. The summed E-state index contributed by atoms with van der Waals surface area (Å²) in [7, 11) is 0. The van der Waals surface area contributed by atoms with Crippen molar-refractivity contribution in [2.24, 2.45) is 0 Å². The van der Waals surface area contributed by atoms with Crippen LogP contribution in [0.2, 0.25) is 0 Å². The molecule has 0 unspecified atom stereocenters. The summed E-state index contributed by atoms with van der Waals surface area (Å²) in [6.45, 7) is 43.4. The lowest BCUT2D eigenvalue weighted by Gasteiger charge is -2.46. The third-order valence-electron chi connectivity index (χ3n) is 18.1. The molecule has 73 heavy (non-hydrogen) atoms. The second-order valence-corrected chi connectivity index (χ2v) is 28.6. The van der Waals surface area contributed by atoms with Crippen LogP contribution < -0.4 is 26.2 Å². The molecule has 0 aromatic heterocycles. The van der Waals surface area contributed by atoms with E-state index in [0.29, 0.717) is 0 Å². The standard InChI is InChI=1S/C70H81BN2/c1-43-24-27-48(65(5,6)7)37-58(43)73-59-35-45(44-22-20-19-21-23-44)26-30-55(59)71-56-40-53-54(70(17,18)42-69(53,15)16)41-60(56)72(61-38-49(66(8,9)10)39-62(73)63(61)71)57-31-28-47(64(2,3)4)36-50(57)46-25-29-51-52(34-46)68(13,14)33-32-67(51,11)12/h19-31,34-41H,32-33,42H2,1-18H3. The lowest BCUT2D eigenvalue weighted by atomic mass is 9.33. The number of aryl methyl sites for hydroxylation is 1. The fourth-order valence-corrected chi connectivity index (χ4v) is 13.7. The van der Waals surface area contributed by atoms with Crippen LogP contribution in [0.15, 0.2) is 127 Å². The Balaban J connectivity index is 1.29. The number of fused-ring (bicyclic) bond motifs is 6. The Morgan fingerprint density at radius 3 is 1.53 bits per heavy atom. The molecule has 0 atom stereocenters.